The van der Waals surface area contributed by atoms with E-state index in [1.165, 1.54) is 22.3 Å². The zero-order valence-corrected chi connectivity index (χ0v) is 29.2. The monoisotopic (exact) mass is 669 g/mol. The van der Waals surface area contributed by atoms with E-state index in [-0.39, 0.29) is 0 Å². The highest BCUT2D eigenvalue weighted by Crippen LogP contribution is 2.56. The van der Waals surface area contributed by atoms with E-state index in [1.54, 1.807) is 0 Å². The predicted octanol–water partition coefficient (Wildman–Crippen LogP) is 13.5. The Morgan fingerprint density at radius 1 is 0.538 bits per heavy atom. The Morgan fingerprint density at radius 2 is 1.06 bits per heavy atom. The molecule has 250 valence electrons. The first-order chi connectivity index (χ1) is 25.7. The van der Waals surface area contributed by atoms with Crippen LogP contribution in [0.5, 0.6) is 11.5 Å². The Kier molecular flexibility index (Phi) is 8.96. The SMILES string of the molecule is C=C/C(=C\C=C/C)c1ccc(N(c2ccc(-c3ccccc3)cc2)c2ccc3c(c2)C(c2ccccc2)(c2ccccc2)c2ccccc2O3)cc1. The summed E-state index contributed by atoms with van der Waals surface area (Å²) >= 11 is 0. The summed E-state index contributed by atoms with van der Waals surface area (Å²) in [7, 11) is 0. The first-order valence-electron chi connectivity index (χ1n) is 17.7. The lowest BCUT2D eigenvalue weighted by Crippen LogP contribution is -2.34. The van der Waals surface area contributed by atoms with Crippen molar-refractivity contribution >= 4 is 22.6 Å². The number of para-hydroxylation sites is 1. The van der Waals surface area contributed by atoms with Crippen molar-refractivity contribution in [3.63, 3.8) is 0 Å². The smallest absolute Gasteiger partial charge is 0.132 e. The number of allylic oxidation sites excluding steroid dienone is 5. The highest BCUT2D eigenvalue weighted by molar-refractivity contribution is 5.83. The molecule has 0 bridgehead atoms. The summed E-state index contributed by atoms with van der Waals surface area (Å²) in [4.78, 5) is 2.34. The van der Waals surface area contributed by atoms with Gasteiger partial charge in [-0.2, -0.15) is 0 Å². The second kappa shape index (κ2) is 14.3. The van der Waals surface area contributed by atoms with Crippen LogP contribution in [0.25, 0.3) is 16.7 Å². The topological polar surface area (TPSA) is 12.5 Å². The first kappa shape index (κ1) is 32.6. The molecule has 1 heterocycles. The number of hydrogen-bond acceptors (Lipinski definition) is 2. The van der Waals surface area contributed by atoms with Crippen LogP contribution < -0.4 is 9.64 Å². The van der Waals surface area contributed by atoms with E-state index < -0.39 is 5.41 Å². The average molecular weight is 670 g/mol. The number of hydrogen-bond donors (Lipinski definition) is 0. The van der Waals surface area contributed by atoms with E-state index in [2.05, 4.69) is 200 Å². The Labute approximate surface area is 306 Å². The van der Waals surface area contributed by atoms with E-state index in [1.807, 2.05) is 25.2 Å². The van der Waals surface area contributed by atoms with Gasteiger partial charge in [0, 0.05) is 28.2 Å². The standard InChI is InChI=1S/C50H39NO/c1-3-5-17-37(4-2)39-26-30-43(31-27-39)51(44-32-28-40(29-33-44)38-18-9-6-10-19-38)45-34-35-49-47(36-45)50(41-20-11-7-12-21-41,42-22-13-8-14-23-42)46-24-15-16-25-48(46)52-49/h3-36H,2H2,1H3/b5-3-,37-17+. The third-order valence-corrected chi connectivity index (χ3v) is 9.93. The van der Waals surface area contributed by atoms with Crippen LogP contribution in [-0.2, 0) is 5.41 Å². The largest absolute Gasteiger partial charge is 0.457 e. The Morgan fingerprint density at radius 3 is 1.67 bits per heavy atom. The number of anilines is 3. The molecule has 0 spiro atoms. The van der Waals surface area contributed by atoms with Crippen LogP contribution in [0.1, 0.15) is 34.7 Å². The van der Waals surface area contributed by atoms with Crippen molar-refractivity contribution in [2.75, 3.05) is 4.90 Å². The zero-order valence-electron chi connectivity index (χ0n) is 29.2. The molecular formula is C50H39NO. The Hall–Kier alpha value is -6.64. The highest BCUT2D eigenvalue weighted by Gasteiger charge is 2.45. The van der Waals surface area contributed by atoms with Crippen LogP contribution in [-0.4, -0.2) is 0 Å². The van der Waals surface area contributed by atoms with Gasteiger partial charge in [-0.05, 0) is 88.8 Å². The van der Waals surface area contributed by atoms with Gasteiger partial charge in [-0.15, -0.1) is 0 Å². The minimum Gasteiger partial charge on any atom is -0.457 e. The van der Waals surface area contributed by atoms with E-state index >= 15 is 0 Å². The van der Waals surface area contributed by atoms with Gasteiger partial charge in [0.2, 0.25) is 0 Å². The molecule has 7 aromatic rings. The average Bonchev–Trinajstić information content (AvgIpc) is 3.22. The van der Waals surface area contributed by atoms with Crippen LogP contribution in [0.4, 0.5) is 17.1 Å². The van der Waals surface area contributed by atoms with Gasteiger partial charge in [0.05, 0.1) is 5.41 Å². The molecule has 1 aliphatic heterocycles. The van der Waals surface area contributed by atoms with E-state index in [9.17, 15) is 0 Å². The summed E-state index contributed by atoms with van der Waals surface area (Å²) in [5, 5.41) is 0. The second-order valence-corrected chi connectivity index (χ2v) is 12.9. The summed E-state index contributed by atoms with van der Waals surface area (Å²) in [6.07, 6.45) is 8.08. The van der Waals surface area contributed by atoms with Crippen molar-refractivity contribution in [3.8, 4) is 22.6 Å². The van der Waals surface area contributed by atoms with Gasteiger partial charge in [-0.3, -0.25) is 0 Å². The number of rotatable bonds is 9. The number of benzene rings is 7. The van der Waals surface area contributed by atoms with Crippen molar-refractivity contribution in [2.24, 2.45) is 0 Å². The molecule has 0 atom stereocenters. The van der Waals surface area contributed by atoms with Crippen molar-refractivity contribution < 1.29 is 4.74 Å². The van der Waals surface area contributed by atoms with Gasteiger partial charge in [0.15, 0.2) is 0 Å². The molecule has 52 heavy (non-hydrogen) atoms. The lowest BCUT2D eigenvalue weighted by Gasteiger charge is -2.42. The maximum atomic E-state index is 6.73. The van der Waals surface area contributed by atoms with Gasteiger partial charge < -0.3 is 9.64 Å². The molecule has 0 unspecified atom stereocenters. The van der Waals surface area contributed by atoms with E-state index in [4.69, 9.17) is 4.74 Å². The van der Waals surface area contributed by atoms with Crippen LogP contribution in [0.2, 0.25) is 0 Å². The van der Waals surface area contributed by atoms with Crippen molar-refractivity contribution in [3.05, 3.63) is 241 Å². The van der Waals surface area contributed by atoms with Crippen molar-refractivity contribution in [1.29, 1.82) is 0 Å². The van der Waals surface area contributed by atoms with Crippen molar-refractivity contribution in [2.45, 2.75) is 12.3 Å². The summed E-state index contributed by atoms with van der Waals surface area (Å²) < 4.78 is 6.73. The van der Waals surface area contributed by atoms with Gasteiger partial charge in [-0.1, -0.05) is 164 Å². The van der Waals surface area contributed by atoms with E-state index in [0.717, 1.165) is 50.8 Å². The molecule has 0 amide bonds. The molecule has 0 fully saturated rings. The lowest BCUT2D eigenvalue weighted by atomic mass is 9.63. The van der Waals surface area contributed by atoms with Gasteiger partial charge in [-0.25, -0.2) is 0 Å². The molecule has 2 heteroatoms. The summed E-state index contributed by atoms with van der Waals surface area (Å²) in [5.41, 5.74) is 11.6. The second-order valence-electron chi connectivity index (χ2n) is 12.9. The Bertz CT molecular complexity index is 2330. The fourth-order valence-corrected chi connectivity index (χ4v) is 7.50. The molecule has 0 radical (unpaired) electrons. The minimum absolute atomic E-state index is 0.619. The van der Waals surface area contributed by atoms with Gasteiger partial charge in [0.25, 0.3) is 0 Å². The summed E-state index contributed by atoms with van der Waals surface area (Å²) in [5.74, 6) is 1.71. The molecular weight excluding hydrogens is 631 g/mol. The van der Waals surface area contributed by atoms with E-state index in [0.29, 0.717) is 0 Å². The molecule has 0 saturated heterocycles. The molecule has 0 saturated carbocycles. The Balaban J connectivity index is 1.35. The molecule has 0 aromatic heterocycles. The lowest BCUT2D eigenvalue weighted by molar-refractivity contribution is 0.434. The third kappa shape index (κ3) is 5.85. The van der Waals surface area contributed by atoms with Crippen LogP contribution in [0.15, 0.2) is 213 Å². The number of nitrogens with zero attached hydrogens (tertiary/aromatic N) is 1. The first-order valence-corrected chi connectivity index (χ1v) is 17.7. The van der Waals surface area contributed by atoms with Crippen molar-refractivity contribution in [1.82, 2.24) is 0 Å². The fraction of sp³-hybridized carbons (Fsp3) is 0.0400. The quantitative estimate of drug-likeness (QED) is 0.142. The summed E-state index contributed by atoms with van der Waals surface area (Å²) in [6, 6.07) is 64.8. The molecule has 7 aromatic carbocycles. The summed E-state index contributed by atoms with van der Waals surface area (Å²) in [6.45, 7) is 6.09. The van der Waals surface area contributed by atoms with Crippen LogP contribution in [0, 0.1) is 0 Å². The molecule has 8 rings (SSSR count). The minimum atomic E-state index is -0.619. The highest BCUT2D eigenvalue weighted by atomic mass is 16.5. The normalized spacial score (nSPS) is 13.1. The molecule has 1 aliphatic rings. The van der Waals surface area contributed by atoms with Crippen LogP contribution in [0.3, 0.4) is 0 Å². The predicted molar refractivity (Wildman–Crippen MR) is 218 cm³/mol. The van der Waals surface area contributed by atoms with Gasteiger partial charge in [0.1, 0.15) is 11.5 Å². The molecule has 2 nitrogen and oxygen atoms in total. The van der Waals surface area contributed by atoms with Crippen LogP contribution >= 0.6 is 0 Å². The number of fused-ring (bicyclic) bond motifs is 2. The zero-order chi connectivity index (χ0) is 35.3. The fourth-order valence-electron chi connectivity index (χ4n) is 7.50. The third-order valence-electron chi connectivity index (χ3n) is 9.93. The molecule has 0 N–H and O–H groups in total. The maximum absolute atomic E-state index is 6.73. The van der Waals surface area contributed by atoms with Gasteiger partial charge >= 0.3 is 0 Å². The molecule has 0 aliphatic carbocycles. The number of ether oxygens (including phenoxy) is 1. The maximum Gasteiger partial charge on any atom is 0.132 e.